The van der Waals surface area contributed by atoms with Crippen LogP contribution in [0.25, 0.3) is 0 Å². The van der Waals surface area contributed by atoms with Crippen LogP contribution in [0, 0.1) is 13.8 Å². The molecule has 1 fully saturated rings. The van der Waals surface area contributed by atoms with Gasteiger partial charge in [-0.2, -0.15) is 0 Å². The summed E-state index contributed by atoms with van der Waals surface area (Å²) >= 11 is 1.27. The highest BCUT2D eigenvalue weighted by molar-refractivity contribution is 7.99. The number of thioether (sulfide) groups is 1. The number of carbonyl (C=O) groups is 2. The summed E-state index contributed by atoms with van der Waals surface area (Å²) < 4.78 is 5.42. The Kier molecular flexibility index (Phi) is 9.08. The number of morpholine rings is 1. The van der Waals surface area contributed by atoms with Crippen molar-refractivity contribution in [1.29, 1.82) is 0 Å². The number of aryl methyl sites for hydroxylation is 2. The summed E-state index contributed by atoms with van der Waals surface area (Å²) in [5, 5.41) is 3.50. The van der Waals surface area contributed by atoms with Gasteiger partial charge in [0.25, 0.3) is 0 Å². The maximum atomic E-state index is 13.3. The van der Waals surface area contributed by atoms with E-state index in [1.54, 1.807) is 24.2 Å². The number of carbonyl (C=O) groups excluding carboxylic acids is 2. The summed E-state index contributed by atoms with van der Waals surface area (Å²) in [6.45, 7) is 8.92. The first-order chi connectivity index (χ1) is 17.9. The number of ether oxygens (including phenoxy) is 1. The average molecular weight is 521 g/mol. The van der Waals surface area contributed by atoms with Crippen molar-refractivity contribution in [3.05, 3.63) is 71.8 Å². The van der Waals surface area contributed by atoms with Crippen LogP contribution < -0.4 is 10.2 Å². The molecule has 3 aromatic rings. The minimum absolute atomic E-state index is 0.120. The van der Waals surface area contributed by atoms with Crippen LogP contribution >= 0.6 is 11.8 Å². The fourth-order valence-corrected chi connectivity index (χ4v) is 4.90. The molecule has 0 radical (unpaired) electrons. The lowest BCUT2D eigenvalue weighted by Gasteiger charge is -2.29. The van der Waals surface area contributed by atoms with Crippen LogP contribution in [0.1, 0.15) is 23.9 Å². The summed E-state index contributed by atoms with van der Waals surface area (Å²) in [6.07, 6.45) is 3.38. The van der Waals surface area contributed by atoms with Gasteiger partial charge in [0.2, 0.25) is 11.8 Å². The van der Waals surface area contributed by atoms with Crippen LogP contribution in [-0.4, -0.2) is 69.8 Å². The SMILES string of the molecule is Cc1cc(C)nc(SCC(=O)N(Cc2cccnc2)C(C)C(=O)Nc2ccc(N3CCOCC3)cc2)n1. The fraction of sp³-hybridized carbons (Fsp3) is 0.370. The molecule has 1 saturated heterocycles. The van der Waals surface area contributed by atoms with Crippen LogP contribution in [0.5, 0.6) is 0 Å². The zero-order valence-electron chi connectivity index (χ0n) is 21.4. The molecule has 37 heavy (non-hydrogen) atoms. The summed E-state index contributed by atoms with van der Waals surface area (Å²) in [4.78, 5) is 43.4. The van der Waals surface area contributed by atoms with Gasteiger partial charge in [0.05, 0.1) is 19.0 Å². The van der Waals surface area contributed by atoms with Crippen molar-refractivity contribution >= 4 is 35.0 Å². The highest BCUT2D eigenvalue weighted by Crippen LogP contribution is 2.21. The predicted molar refractivity (Wildman–Crippen MR) is 145 cm³/mol. The topological polar surface area (TPSA) is 101 Å². The van der Waals surface area contributed by atoms with Crippen molar-refractivity contribution in [2.45, 2.75) is 38.5 Å². The quantitative estimate of drug-likeness (QED) is 0.338. The van der Waals surface area contributed by atoms with Crippen molar-refractivity contribution in [2.24, 2.45) is 0 Å². The summed E-state index contributed by atoms with van der Waals surface area (Å²) in [5.74, 6) is -0.319. The van der Waals surface area contributed by atoms with Crippen molar-refractivity contribution in [3.63, 3.8) is 0 Å². The standard InChI is InChI=1S/C27H32N6O3S/c1-19-15-20(2)30-27(29-19)37-18-25(34)33(17-22-5-4-10-28-16-22)21(3)26(35)31-23-6-8-24(9-7-23)32-11-13-36-14-12-32/h4-10,15-16,21H,11-14,17-18H2,1-3H3,(H,31,35). The molecule has 10 heteroatoms. The molecule has 194 valence electrons. The maximum absolute atomic E-state index is 13.3. The van der Waals surface area contributed by atoms with E-state index in [0.29, 0.717) is 24.1 Å². The third kappa shape index (κ3) is 7.50. The molecule has 1 atom stereocenters. The molecule has 2 aromatic heterocycles. The highest BCUT2D eigenvalue weighted by Gasteiger charge is 2.27. The van der Waals surface area contributed by atoms with E-state index in [0.717, 1.165) is 35.7 Å². The van der Waals surface area contributed by atoms with Crippen LogP contribution in [0.2, 0.25) is 0 Å². The summed E-state index contributed by atoms with van der Waals surface area (Å²) in [5.41, 5.74) is 4.32. The normalized spacial score (nSPS) is 14.2. The molecule has 1 unspecified atom stereocenters. The minimum atomic E-state index is -0.701. The van der Waals surface area contributed by atoms with Gasteiger partial charge in [0.15, 0.2) is 5.16 Å². The number of hydrogen-bond donors (Lipinski definition) is 1. The van der Waals surface area contributed by atoms with Crippen molar-refractivity contribution in [3.8, 4) is 0 Å². The Labute approximate surface area is 221 Å². The third-order valence-electron chi connectivity index (χ3n) is 6.04. The first-order valence-electron chi connectivity index (χ1n) is 12.3. The Hall–Kier alpha value is -3.50. The van der Waals surface area contributed by atoms with Gasteiger partial charge < -0.3 is 19.9 Å². The molecule has 0 saturated carbocycles. The van der Waals surface area contributed by atoms with Gasteiger partial charge in [-0.3, -0.25) is 14.6 Å². The first kappa shape index (κ1) is 26.6. The van der Waals surface area contributed by atoms with Crippen LogP contribution in [-0.2, 0) is 20.9 Å². The average Bonchev–Trinajstić information content (AvgIpc) is 2.91. The van der Waals surface area contributed by atoms with Gasteiger partial charge in [-0.15, -0.1) is 0 Å². The molecule has 0 bridgehead atoms. The lowest BCUT2D eigenvalue weighted by molar-refractivity contribution is -0.136. The Balaban J connectivity index is 1.43. The molecular weight excluding hydrogens is 488 g/mol. The van der Waals surface area contributed by atoms with E-state index in [2.05, 4.69) is 25.2 Å². The number of nitrogens with one attached hydrogen (secondary N) is 1. The molecule has 0 spiro atoms. The molecule has 4 rings (SSSR count). The van der Waals surface area contributed by atoms with Crippen LogP contribution in [0.3, 0.4) is 0 Å². The molecule has 1 N–H and O–H groups in total. The number of pyridine rings is 1. The minimum Gasteiger partial charge on any atom is -0.378 e. The monoisotopic (exact) mass is 520 g/mol. The summed E-state index contributed by atoms with van der Waals surface area (Å²) in [7, 11) is 0. The van der Waals surface area contributed by atoms with Crippen molar-refractivity contribution < 1.29 is 14.3 Å². The lowest BCUT2D eigenvalue weighted by Crippen LogP contribution is -2.46. The highest BCUT2D eigenvalue weighted by atomic mass is 32.2. The van der Waals surface area contributed by atoms with E-state index in [9.17, 15) is 9.59 Å². The largest absolute Gasteiger partial charge is 0.378 e. The third-order valence-corrected chi connectivity index (χ3v) is 6.87. The number of amides is 2. The van der Waals surface area contributed by atoms with Gasteiger partial charge in [-0.1, -0.05) is 17.8 Å². The molecule has 1 aliphatic heterocycles. The van der Waals surface area contributed by atoms with Gasteiger partial charge in [-0.05, 0) is 62.7 Å². The zero-order chi connectivity index (χ0) is 26.2. The molecule has 2 amide bonds. The van der Waals surface area contributed by atoms with Crippen molar-refractivity contribution in [2.75, 3.05) is 42.3 Å². The van der Waals surface area contributed by atoms with E-state index in [1.807, 2.05) is 56.3 Å². The summed E-state index contributed by atoms with van der Waals surface area (Å²) in [6, 6.07) is 12.6. The van der Waals surface area contributed by atoms with E-state index < -0.39 is 6.04 Å². The van der Waals surface area contributed by atoms with Gasteiger partial charge in [-0.25, -0.2) is 9.97 Å². The van der Waals surface area contributed by atoms with E-state index in [4.69, 9.17) is 4.74 Å². The number of anilines is 2. The Bertz CT molecular complexity index is 1180. The number of aromatic nitrogens is 3. The van der Waals surface area contributed by atoms with Crippen LogP contribution in [0.4, 0.5) is 11.4 Å². The Morgan fingerprint density at radius 1 is 1.11 bits per heavy atom. The Morgan fingerprint density at radius 2 is 1.81 bits per heavy atom. The molecule has 9 nitrogen and oxygen atoms in total. The number of benzene rings is 1. The molecule has 3 heterocycles. The van der Waals surface area contributed by atoms with Gasteiger partial charge >= 0.3 is 0 Å². The van der Waals surface area contributed by atoms with E-state index in [-0.39, 0.29) is 24.1 Å². The second kappa shape index (κ2) is 12.6. The smallest absolute Gasteiger partial charge is 0.246 e. The molecule has 0 aliphatic carbocycles. The fourth-order valence-electron chi connectivity index (χ4n) is 4.06. The predicted octanol–water partition coefficient (Wildman–Crippen LogP) is 3.47. The van der Waals surface area contributed by atoms with Gasteiger partial charge in [0, 0.05) is 54.8 Å². The molecule has 1 aromatic carbocycles. The number of nitrogens with zero attached hydrogens (tertiary/aromatic N) is 5. The molecule has 1 aliphatic rings. The number of hydrogen-bond acceptors (Lipinski definition) is 8. The lowest BCUT2D eigenvalue weighted by atomic mass is 10.2. The van der Waals surface area contributed by atoms with Gasteiger partial charge in [0.1, 0.15) is 6.04 Å². The maximum Gasteiger partial charge on any atom is 0.246 e. The van der Waals surface area contributed by atoms with E-state index in [1.165, 1.54) is 11.8 Å². The molecular formula is C27H32N6O3S. The van der Waals surface area contributed by atoms with E-state index >= 15 is 0 Å². The second-order valence-electron chi connectivity index (χ2n) is 8.92. The Morgan fingerprint density at radius 3 is 2.46 bits per heavy atom. The van der Waals surface area contributed by atoms with Crippen molar-refractivity contribution in [1.82, 2.24) is 19.9 Å². The zero-order valence-corrected chi connectivity index (χ0v) is 22.2. The number of rotatable bonds is 9. The van der Waals surface area contributed by atoms with Crippen LogP contribution in [0.15, 0.2) is 60.0 Å². The first-order valence-corrected chi connectivity index (χ1v) is 13.2. The second-order valence-corrected chi connectivity index (χ2v) is 9.86.